The van der Waals surface area contributed by atoms with Gasteiger partial charge in [-0.2, -0.15) is 0 Å². The van der Waals surface area contributed by atoms with Gasteiger partial charge in [0.05, 0.1) is 17.4 Å². The summed E-state index contributed by atoms with van der Waals surface area (Å²) in [5.74, 6) is 0.727. The quantitative estimate of drug-likeness (QED) is 0.698. The first-order valence-electron chi connectivity index (χ1n) is 6.56. The number of thioether (sulfide) groups is 1. The van der Waals surface area contributed by atoms with Crippen LogP contribution in [0.4, 0.5) is 5.69 Å². The third-order valence-corrected chi connectivity index (χ3v) is 5.27. The molecule has 0 spiro atoms. The molecule has 22 heavy (non-hydrogen) atoms. The smallest absolute Gasteiger partial charge is 0.237 e. The van der Waals surface area contributed by atoms with Gasteiger partial charge in [0.1, 0.15) is 5.75 Å². The van der Waals surface area contributed by atoms with Crippen molar-refractivity contribution in [2.45, 2.75) is 17.1 Å². The summed E-state index contributed by atoms with van der Waals surface area (Å²) >= 11 is 10.8. The minimum atomic E-state index is -0.226. The van der Waals surface area contributed by atoms with Crippen LogP contribution in [0, 0.1) is 0 Å². The van der Waals surface area contributed by atoms with Crippen molar-refractivity contribution in [2.24, 2.45) is 0 Å². The van der Waals surface area contributed by atoms with Gasteiger partial charge in [-0.05, 0) is 65.3 Å². The van der Waals surface area contributed by atoms with Crippen LogP contribution in [0.25, 0.3) is 0 Å². The standard InChI is InChI=1S/C16H15BrClNO2S/c1-10(22-13-6-4-12(21-2)5-7-13)16(20)19-11-3-8-14(17)15(18)9-11/h3-10H,1-2H3,(H,19,20)/t10-/m0/s1. The average Bonchev–Trinajstić information content (AvgIpc) is 2.51. The van der Waals surface area contributed by atoms with E-state index in [0.29, 0.717) is 10.7 Å². The molecule has 116 valence electrons. The summed E-state index contributed by atoms with van der Waals surface area (Å²) in [5.41, 5.74) is 0.681. The Morgan fingerprint density at radius 2 is 1.95 bits per heavy atom. The maximum absolute atomic E-state index is 12.2. The van der Waals surface area contributed by atoms with Crippen LogP contribution in [-0.2, 0) is 4.79 Å². The molecule has 0 bridgehead atoms. The Hall–Kier alpha value is -1.17. The molecule has 0 radical (unpaired) electrons. The van der Waals surface area contributed by atoms with Crippen molar-refractivity contribution in [3.63, 3.8) is 0 Å². The van der Waals surface area contributed by atoms with E-state index in [0.717, 1.165) is 15.1 Å². The molecule has 0 saturated heterocycles. The first-order valence-corrected chi connectivity index (χ1v) is 8.61. The van der Waals surface area contributed by atoms with Crippen LogP contribution in [0.5, 0.6) is 5.75 Å². The Balaban J connectivity index is 1.97. The first-order chi connectivity index (χ1) is 10.5. The monoisotopic (exact) mass is 399 g/mol. The molecule has 0 aliphatic carbocycles. The molecule has 0 aromatic heterocycles. The number of benzene rings is 2. The van der Waals surface area contributed by atoms with Crippen molar-refractivity contribution in [3.05, 3.63) is 52.0 Å². The molecule has 0 aliphatic rings. The van der Waals surface area contributed by atoms with Crippen molar-refractivity contribution in [2.75, 3.05) is 12.4 Å². The summed E-state index contributed by atoms with van der Waals surface area (Å²) in [6, 6.07) is 12.9. The molecule has 0 aliphatic heterocycles. The van der Waals surface area contributed by atoms with E-state index in [1.54, 1.807) is 25.3 Å². The molecule has 2 aromatic rings. The fraction of sp³-hybridized carbons (Fsp3) is 0.188. The zero-order chi connectivity index (χ0) is 16.1. The second kappa shape index (κ2) is 7.90. The van der Waals surface area contributed by atoms with Gasteiger partial charge in [-0.3, -0.25) is 4.79 Å². The molecule has 2 aromatic carbocycles. The largest absolute Gasteiger partial charge is 0.497 e. The summed E-state index contributed by atoms with van der Waals surface area (Å²) in [6.45, 7) is 1.87. The van der Waals surface area contributed by atoms with Crippen LogP contribution in [-0.4, -0.2) is 18.3 Å². The molecule has 0 saturated carbocycles. The SMILES string of the molecule is COc1ccc(S[C@@H](C)C(=O)Nc2ccc(Br)c(Cl)c2)cc1. The molecular formula is C16H15BrClNO2S. The molecule has 1 N–H and O–H groups in total. The number of carbonyl (C=O) groups excluding carboxylic acids is 1. The highest BCUT2D eigenvalue weighted by atomic mass is 79.9. The highest BCUT2D eigenvalue weighted by molar-refractivity contribution is 9.10. The molecule has 6 heteroatoms. The second-order valence-electron chi connectivity index (χ2n) is 4.55. The zero-order valence-corrected chi connectivity index (χ0v) is 15.3. The summed E-state index contributed by atoms with van der Waals surface area (Å²) in [5, 5.41) is 3.20. The van der Waals surface area contributed by atoms with Gasteiger partial charge in [-0.25, -0.2) is 0 Å². The molecule has 1 atom stereocenters. The Kier molecular flexibility index (Phi) is 6.17. The van der Waals surface area contributed by atoms with E-state index in [1.807, 2.05) is 31.2 Å². The Morgan fingerprint density at radius 3 is 2.55 bits per heavy atom. The molecule has 0 unspecified atom stereocenters. The van der Waals surface area contributed by atoms with E-state index in [1.165, 1.54) is 11.8 Å². The third-order valence-electron chi connectivity index (χ3n) is 2.93. The molecular weight excluding hydrogens is 386 g/mol. The normalized spacial score (nSPS) is 11.8. The van der Waals surface area contributed by atoms with Crippen LogP contribution < -0.4 is 10.1 Å². The summed E-state index contributed by atoms with van der Waals surface area (Å²) in [7, 11) is 1.63. The summed E-state index contributed by atoms with van der Waals surface area (Å²) < 4.78 is 5.92. The average molecular weight is 401 g/mol. The summed E-state index contributed by atoms with van der Waals surface area (Å²) in [6.07, 6.45) is 0. The minimum absolute atomic E-state index is 0.0702. The van der Waals surface area contributed by atoms with Gasteiger partial charge in [-0.15, -0.1) is 11.8 Å². The third kappa shape index (κ3) is 4.66. The predicted octanol–water partition coefficient (Wildman–Crippen LogP) is 5.23. The lowest BCUT2D eigenvalue weighted by atomic mass is 10.3. The van der Waals surface area contributed by atoms with Gasteiger partial charge in [0.25, 0.3) is 0 Å². The molecule has 0 heterocycles. The predicted molar refractivity (Wildman–Crippen MR) is 96.1 cm³/mol. The van der Waals surface area contributed by atoms with Crippen LogP contribution in [0.3, 0.4) is 0 Å². The van der Waals surface area contributed by atoms with E-state index < -0.39 is 0 Å². The number of ether oxygens (including phenoxy) is 1. The maximum atomic E-state index is 12.2. The zero-order valence-electron chi connectivity index (χ0n) is 12.1. The maximum Gasteiger partial charge on any atom is 0.237 e. The van der Waals surface area contributed by atoms with Crippen molar-refractivity contribution in [1.82, 2.24) is 0 Å². The highest BCUT2D eigenvalue weighted by Gasteiger charge is 2.15. The molecule has 1 amide bonds. The van der Waals surface area contributed by atoms with Crippen LogP contribution >= 0.6 is 39.3 Å². The molecule has 3 nitrogen and oxygen atoms in total. The van der Waals surface area contributed by atoms with E-state index >= 15 is 0 Å². The number of anilines is 1. The van der Waals surface area contributed by atoms with Gasteiger partial charge in [0.15, 0.2) is 0 Å². The molecule has 2 rings (SSSR count). The van der Waals surface area contributed by atoms with Crippen LogP contribution in [0.1, 0.15) is 6.92 Å². The Labute approximate surface area is 147 Å². The Morgan fingerprint density at radius 1 is 1.27 bits per heavy atom. The second-order valence-corrected chi connectivity index (χ2v) is 7.23. The van der Waals surface area contributed by atoms with Crippen LogP contribution in [0.15, 0.2) is 51.8 Å². The summed E-state index contributed by atoms with van der Waals surface area (Å²) in [4.78, 5) is 13.2. The lowest BCUT2D eigenvalue weighted by Crippen LogP contribution is -2.22. The lowest BCUT2D eigenvalue weighted by Gasteiger charge is -2.12. The topological polar surface area (TPSA) is 38.3 Å². The Bertz CT molecular complexity index is 664. The van der Waals surface area contributed by atoms with E-state index in [9.17, 15) is 4.79 Å². The number of hydrogen-bond donors (Lipinski definition) is 1. The molecule has 0 fully saturated rings. The number of amides is 1. The van der Waals surface area contributed by atoms with Crippen LogP contribution in [0.2, 0.25) is 5.02 Å². The number of methoxy groups -OCH3 is 1. The fourth-order valence-corrected chi connectivity index (χ4v) is 3.02. The van der Waals surface area contributed by atoms with E-state index in [-0.39, 0.29) is 11.2 Å². The fourth-order valence-electron chi connectivity index (χ4n) is 1.73. The van der Waals surface area contributed by atoms with Crippen molar-refractivity contribution >= 4 is 50.9 Å². The van der Waals surface area contributed by atoms with Crippen molar-refractivity contribution in [1.29, 1.82) is 0 Å². The van der Waals surface area contributed by atoms with Gasteiger partial charge >= 0.3 is 0 Å². The van der Waals surface area contributed by atoms with Gasteiger partial charge in [0, 0.05) is 15.1 Å². The number of carbonyl (C=O) groups is 1. The van der Waals surface area contributed by atoms with Crippen molar-refractivity contribution in [3.8, 4) is 5.75 Å². The first kappa shape index (κ1) is 17.2. The van der Waals surface area contributed by atoms with Gasteiger partial charge in [0.2, 0.25) is 5.91 Å². The number of halogens is 2. The van der Waals surface area contributed by atoms with Gasteiger partial charge in [-0.1, -0.05) is 11.6 Å². The van der Waals surface area contributed by atoms with Crippen molar-refractivity contribution < 1.29 is 9.53 Å². The number of hydrogen-bond acceptors (Lipinski definition) is 3. The highest BCUT2D eigenvalue weighted by Crippen LogP contribution is 2.28. The number of rotatable bonds is 5. The number of nitrogens with one attached hydrogen (secondary N) is 1. The lowest BCUT2D eigenvalue weighted by molar-refractivity contribution is -0.115. The van der Waals surface area contributed by atoms with E-state index in [4.69, 9.17) is 16.3 Å². The van der Waals surface area contributed by atoms with Gasteiger partial charge < -0.3 is 10.1 Å². The minimum Gasteiger partial charge on any atom is -0.497 e. The van der Waals surface area contributed by atoms with E-state index in [2.05, 4.69) is 21.2 Å².